The lowest BCUT2D eigenvalue weighted by Gasteiger charge is -2.12. The molecule has 0 N–H and O–H groups in total. The van der Waals surface area contributed by atoms with Crippen LogP contribution in [0, 0.1) is 0 Å². The Morgan fingerprint density at radius 3 is 2.56 bits per heavy atom. The maximum atomic E-state index is 13.3. The molecule has 0 radical (unpaired) electrons. The molecular formula is C24H20N4O6. The summed E-state index contributed by atoms with van der Waals surface area (Å²) in [6, 6.07) is 15.5. The Hall–Kier alpha value is -4.60. The lowest BCUT2D eigenvalue weighted by molar-refractivity contribution is 0.368. The summed E-state index contributed by atoms with van der Waals surface area (Å²) in [5.74, 6) is 2.13. The van der Waals surface area contributed by atoms with Gasteiger partial charge in [-0.25, -0.2) is 4.79 Å². The predicted molar refractivity (Wildman–Crippen MR) is 122 cm³/mol. The van der Waals surface area contributed by atoms with E-state index >= 15 is 0 Å². The third-order valence-electron chi connectivity index (χ3n) is 5.44. The minimum absolute atomic E-state index is 0.00757. The van der Waals surface area contributed by atoms with Crippen molar-refractivity contribution in [3.63, 3.8) is 0 Å². The summed E-state index contributed by atoms with van der Waals surface area (Å²) in [5.41, 5.74) is 0.164. The van der Waals surface area contributed by atoms with Crippen LogP contribution < -0.4 is 20.7 Å². The van der Waals surface area contributed by atoms with E-state index in [0.717, 1.165) is 4.57 Å². The second-order valence-electron chi connectivity index (χ2n) is 7.43. The molecule has 172 valence electrons. The van der Waals surface area contributed by atoms with Gasteiger partial charge in [-0.1, -0.05) is 17.3 Å². The van der Waals surface area contributed by atoms with E-state index in [1.807, 2.05) is 0 Å². The van der Waals surface area contributed by atoms with E-state index in [9.17, 15) is 9.59 Å². The van der Waals surface area contributed by atoms with E-state index < -0.39 is 11.2 Å². The van der Waals surface area contributed by atoms with Crippen LogP contribution >= 0.6 is 0 Å². The number of para-hydroxylation sites is 1. The van der Waals surface area contributed by atoms with Crippen molar-refractivity contribution in [2.24, 2.45) is 0 Å². The average Bonchev–Trinajstić information content (AvgIpc) is 3.56. The number of benzene rings is 2. The number of methoxy groups -OCH3 is 2. The fourth-order valence-electron chi connectivity index (χ4n) is 3.77. The summed E-state index contributed by atoms with van der Waals surface area (Å²) < 4.78 is 24.0. The van der Waals surface area contributed by atoms with Gasteiger partial charge < -0.3 is 18.4 Å². The molecule has 0 aliphatic rings. The topological polar surface area (TPSA) is 115 Å². The Labute approximate surface area is 192 Å². The Kier molecular flexibility index (Phi) is 5.46. The van der Waals surface area contributed by atoms with Gasteiger partial charge in [-0.05, 0) is 36.4 Å². The summed E-state index contributed by atoms with van der Waals surface area (Å²) in [6.07, 6.45) is 1.49. The molecule has 0 bridgehead atoms. The van der Waals surface area contributed by atoms with Crippen LogP contribution in [0.25, 0.3) is 22.3 Å². The van der Waals surface area contributed by atoms with Gasteiger partial charge in [0.05, 0.1) is 43.5 Å². The van der Waals surface area contributed by atoms with Gasteiger partial charge in [0.15, 0.2) is 0 Å². The smallest absolute Gasteiger partial charge is 0.332 e. The fraction of sp³-hybridized carbons (Fsp3) is 0.167. The second kappa shape index (κ2) is 8.74. The van der Waals surface area contributed by atoms with Crippen molar-refractivity contribution in [1.29, 1.82) is 0 Å². The van der Waals surface area contributed by atoms with Gasteiger partial charge in [0, 0.05) is 6.07 Å². The average molecular weight is 460 g/mol. The lowest BCUT2D eigenvalue weighted by atomic mass is 10.2. The van der Waals surface area contributed by atoms with E-state index in [2.05, 4.69) is 10.1 Å². The molecule has 0 spiro atoms. The number of aromatic nitrogens is 4. The quantitative estimate of drug-likeness (QED) is 0.364. The van der Waals surface area contributed by atoms with Crippen LogP contribution in [0.3, 0.4) is 0 Å². The van der Waals surface area contributed by atoms with Crippen LogP contribution in [-0.2, 0) is 13.1 Å². The minimum atomic E-state index is -0.512. The first-order valence-electron chi connectivity index (χ1n) is 10.4. The number of hydrogen-bond donors (Lipinski definition) is 0. The standard InChI is InChI=1S/C24H20N4O6/c1-31-15-9-10-18(20(12-15)32-2)22-25-21(34-26-22)14-27-19-8-4-3-7-17(19)23(29)28(24(27)30)13-16-6-5-11-33-16/h3-12H,13-14H2,1-2H3. The first-order valence-corrected chi connectivity index (χ1v) is 10.4. The van der Waals surface area contributed by atoms with Crippen molar-refractivity contribution in [3.05, 3.63) is 93.3 Å². The van der Waals surface area contributed by atoms with E-state index in [1.54, 1.807) is 61.7 Å². The van der Waals surface area contributed by atoms with Crippen molar-refractivity contribution >= 4 is 10.9 Å². The lowest BCUT2D eigenvalue weighted by Crippen LogP contribution is -2.40. The molecule has 0 saturated heterocycles. The summed E-state index contributed by atoms with van der Waals surface area (Å²) >= 11 is 0. The van der Waals surface area contributed by atoms with E-state index in [-0.39, 0.29) is 19.0 Å². The molecule has 2 aromatic carbocycles. The normalized spacial score (nSPS) is 11.1. The maximum Gasteiger partial charge on any atom is 0.332 e. The van der Waals surface area contributed by atoms with Gasteiger partial charge in [-0.15, -0.1) is 0 Å². The van der Waals surface area contributed by atoms with Crippen molar-refractivity contribution < 1.29 is 18.4 Å². The van der Waals surface area contributed by atoms with Crippen molar-refractivity contribution in [1.82, 2.24) is 19.3 Å². The number of hydrogen-bond acceptors (Lipinski definition) is 8. The number of fused-ring (bicyclic) bond motifs is 1. The first kappa shape index (κ1) is 21.3. The first-order chi connectivity index (χ1) is 16.6. The molecule has 10 heteroatoms. The molecule has 34 heavy (non-hydrogen) atoms. The molecule has 10 nitrogen and oxygen atoms in total. The van der Waals surface area contributed by atoms with Gasteiger partial charge in [0.1, 0.15) is 23.8 Å². The summed E-state index contributed by atoms with van der Waals surface area (Å²) in [4.78, 5) is 30.8. The largest absolute Gasteiger partial charge is 0.497 e. The molecule has 0 aliphatic carbocycles. The zero-order valence-electron chi connectivity index (χ0n) is 18.4. The fourth-order valence-corrected chi connectivity index (χ4v) is 3.77. The van der Waals surface area contributed by atoms with Crippen LogP contribution in [0.1, 0.15) is 11.7 Å². The van der Waals surface area contributed by atoms with E-state index in [4.69, 9.17) is 18.4 Å². The monoisotopic (exact) mass is 460 g/mol. The highest BCUT2D eigenvalue weighted by Crippen LogP contribution is 2.31. The highest BCUT2D eigenvalue weighted by Gasteiger charge is 2.18. The van der Waals surface area contributed by atoms with E-state index in [1.165, 1.54) is 17.9 Å². The number of ether oxygens (including phenoxy) is 2. The molecule has 0 amide bonds. The Balaban J connectivity index is 1.57. The SMILES string of the molecule is COc1ccc(-c2noc(Cn3c(=O)n(Cc4ccco4)c(=O)c4ccccc43)n2)c(OC)c1. The highest BCUT2D eigenvalue weighted by atomic mass is 16.5. The third kappa shape index (κ3) is 3.75. The molecule has 0 atom stereocenters. The molecule has 0 fully saturated rings. The summed E-state index contributed by atoms with van der Waals surface area (Å²) in [7, 11) is 3.10. The summed E-state index contributed by atoms with van der Waals surface area (Å²) in [5, 5.41) is 4.45. The van der Waals surface area contributed by atoms with Crippen molar-refractivity contribution in [2.75, 3.05) is 14.2 Å². The number of nitrogens with zero attached hydrogens (tertiary/aromatic N) is 4. The van der Waals surface area contributed by atoms with Gasteiger partial charge in [-0.3, -0.25) is 13.9 Å². The third-order valence-corrected chi connectivity index (χ3v) is 5.44. The zero-order valence-corrected chi connectivity index (χ0v) is 18.4. The van der Waals surface area contributed by atoms with Gasteiger partial charge in [0.25, 0.3) is 5.56 Å². The van der Waals surface area contributed by atoms with Crippen LogP contribution in [0.2, 0.25) is 0 Å². The maximum absolute atomic E-state index is 13.3. The number of rotatable bonds is 7. The van der Waals surface area contributed by atoms with E-state index in [0.29, 0.717) is 39.6 Å². The van der Waals surface area contributed by atoms with Crippen LogP contribution in [-0.4, -0.2) is 33.5 Å². The molecule has 5 rings (SSSR count). The summed E-state index contributed by atoms with van der Waals surface area (Å²) in [6.45, 7) is -0.0170. The van der Waals surface area contributed by atoms with Crippen molar-refractivity contribution in [3.8, 4) is 22.9 Å². The zero-order chi connectivity index (χ0) is 23.7. The Bertz CT molecular complexity index is 1580. The molecule has 0 saturated carbocycles. The number of furan rings is 1. The predicted octanol–water partition coefficient (Wildman–Crippen LogP) is 2.92. The van der Waals surface area contributed by atoms with Crippen LogP contribution in [0.4, 0.5) is 0 Å². The molecular weight excluding hydrogens is 440 g/mol. The molecule has 5 aromatic rings. The Morgan fingerprint density at radius 1 is 0.941 bits per heavy atom. The van der Waals surface area contributed by atoms with Gasteiger partial charge in [-0.2, -0.15) is 4.98 Å². The second-order valence-corrected chi connectivity index (χ2v) is 7.43. The van der Waals surface area contributed by atoms with Crippen LogP contribution in [0.15, 0.2) is 79.4 Å². The highest BCUT2D eigenvalue weighted by molar-refractivity contribution is 5.78. The van der Waals surface area contributed by atoms with Gasteiger partial charge in [0.2, 0.25) is 11.7 Å². The molecule has 3 aromatic heterocycles. The minimum Gasteiger partial charge on any atom is -0.497 e. The molecule has 0 aliphatic heterocycles. The van der Waals surface area contributed by atoms with Crippen LogP contribution in [0.5, 0.6) is 11.5 Å². The molecule has 3 heterocycles. The Morgan fingerprint density at radius 2 is 1.79 bits per heavy atom. The van der Waals surface area contributed by atoms with Crippen molar-refractivity contribution in [2.45, 2.75) is 13.1 Å². The molecule has 0 unspecified atom stereocenters. The van der Waals surface area contributed by atoms with Gasteiger partial charge >= 0.3 is 5.69 Å².